The molecular weight excluding hydrogens is 374 g/mol. The lowest BCUT2D eigenvalue weighted by Gasteiger charge is -2.23. The third kappa shape index (κ3) is 3.54. The van der Waals surface area contributed by atoms with Crippen molar-refractivity contribution in [1.82, 2.24) is 4.90 Å². The quantitative estimate of drug-likeness (QED) is 0.666. The molecule has 0 atom stereocenters. The Kier molecular flexibility index (Phi) is 4.92. The van der Waals surface area contributed by atoms with Crippen LogP contribution in [0, 0.1) is 11.3 Å². The highest BCUT2D eigenvalue weighted by molar-refractivity contribution is 5.88. The summed E-state index contributed by atoms with van der Waals surface area (Å²) in [6.45, 7) is 3.20. The third-order valence-electron chi connectivity index (χ3n) is 6.42. The van der Waals surface area contributed by atoms with Gasteiger partial charge >= 0.3 is 0 Å². The first kappa shape index (κ1) is 18.7. The number of hydrogen-bond acceptors (Lipinski definition) is 4. The van der Waals surface area contributed by atoms with Crippen molar-refractivity contribution in [2.75, 3.05) is 31.1 Å². The van der Waals surface area contributed by atoms with Crippen molar-refractivity contribution in [3.8, 4) is 6.07 Å². The first-order chi connectivity index (χ1) is 14.7. The summed E-state index contributed by atoms with van der Waals surface area (Å²) in [6, 6.07) is 14.2. The van der Waals surface area contributed by atoms with Crippen molar-refractivity contribution in [2.45, 2.75) is 32.1 Å². The number of hydrogen-bond donors (Lipinski definition) is 0. The van der Waals surface area contributed by atoms with Crippen LogP contribution in [0.25, 0.3) is 11.0 Å². The van der Waals surface area contributed by atoms with E-state index in [4.69, 9.17) is 9.68 Å². The zero-order chi connectivity index (χ0) is 20.5. The molecule has 3 aromatic rings. The van der Waals surface area contributed by atoms with Crippen molar-refractivity contribution in [1.29, 1.82) is 5.26 Å². The largest absolute Gasteiger partial charge is 0.464 e. The zero-order valence-electron chi connectivity index (χ0n) is 17.1. The standard InChI is InChI=1S/C25H25N3O2/c26-16-18-5-7-22(8-6-18)27-9-2-10-28(12-11-27)25(29)15-21-17-30-24-14-20-4-1-3-19(20)13-23(21)24/h5-8,13-14,17H,1-4,9-12,15H2. The van der Waals surface area contributed by atoms with Crippen molar-refractivity contribution < 1.29 is 9.21 Å². The van der Waals surface area contributed by atoms with E-state index in [1.807, 2.05) is 29.2 Å². The Hall–Kier alpha value is -3.26. The average molecular weight is 399 g/mol. The Morgan fingerprint density at radius 2 is 1.80 bits per heavy atom. The predicted octanol–water partition coefficient (Wildman–Crippen LogP) is 4.07. The van der Waals surface area contributed by atoms with Crippen LogP contribution in [0.3, 0.4) is 0 Å². The highest BCUT2D eigenvalue weighted by Gasteiger charge is 2.22. The first-order valence-electron chi connectivity index (χ1n) is 10.8. The molecule has 0 unspecified atom stereocenters. The van der Waals surface area contributed by atoms with E-state index >= 15 is 0 Å². The van der Waals surface area contributed by atoms with Crippen LogP contribution in [0.1, 0.15) is 35.1 Å². The molecule has 1 fully saturated rings. The smallest absolute Gasteiger partial charge is 0.227 e. The molecule has 1 saturated heterocycles. The molecule has 1 aliphatic heterocycles. The summed E-state index contributed by atoms with van der Waals surface area (Å²) in [5.41, 5.74) is 6.48. The molecule has 0 saturated carbocycles. The van der Waals surface area contributed by atoms with Gasteiger partial charge in [-0.3, -0.25) is 4.79 Å². The molecule has 1 aromatic heterocycles. The topological polar surface area (TPSA) is 60.5 Å². The van der Waals surface area contributed by atoms with Gasteiger partial charge in [-0.15, -0.1) is 0 Å². The second kappa shape index (κ2) is 7.87. The van der Waals surface area contributed by atoms with Crippen LogP contribution in [0.4, 0.5) is 5.69 Å². The van der Waals surface area contributed by atoms with E-state index in [1.54, 1.807) is 6.26 Å². The second-order valence-electron chi connectivity index (χ2n) is 8.29. The van der Waals surface area contributed by atoms with E-state index in [2.05, 4.69) is 23.1 Å². The summed E-state index contributed by atoms with van der Waals surface area (Å²) in [5, 5.41) is 10.1. The maximum atomic E-state index is 13.1. The molecule has 2 heterocycles. The van der Waals surface area contributed by atoms with Crippen molar-refractivity contribution >= 4 is 22.6 Å². The van der Waals surface area contributed by atoms with Crippen LogP contribution >= 0.6 is 0 Å². The van der Waals surface area contributed by atoms with Crippen LogP contribution in [-0.4, -0.2) is 37.0 Å². The number of amides is 1. The number of carbonyl (C=O) groups is 1. The Morgan fingerprint density at radius 1 is 1.00 bits per heavy atom. The molecule has 1 amide bonds. The minimum Gasteiger partial charge on any atom is -0.464 e. The van der Waals surface area contributed by atoms with E-state index in [1.165, 1.54) is 17.5 Å². The minimum atomic E-state index is 0.167. The molecule has 5 heteroatoms. The van der Waals surface area contributed by atoms with E-state index in [9.17, 15) is 4.79 Å². The number of benzene rings is 2. The summed E-state index contributed by atoms with van der Waals surface area (Å²) in [5.74, 6) is 0.167. The summed E-state index contributed by atoms with van der Waals surface area (Å²) in [6.07, 6.45) is 6.55. The van der Waals surface area contributed by atoms with Crippen molar-refractivity contribution in [3.05, 3.63) is 64.9 Å². The van der Waals surface area contributed by atoms with Gasteiger partial charge in [0.25, 0.3) is 0 Å². The number of furan rings is 1. The fourth-order valence-corrected chi connectivity index (χ4v) is 4.73. The fraction of sp³-hybridized carbons (Fsp3) is 0.360. The molecule has 0 spiro atoms. The third-order valence-corrected chi connectivity index (χ3v) is 6.42. The van der Waals surface area contributed by atoms with Gasteiger partial charge in [0.15, 0.2) is 0 Å². The van der Waals surface area contributed by atoms with Gasteiger partial charge < -0.3 is 14.2 Å². The Morgan fingerprint density at radius 3 is 2.60 bits per heavy atom. The lowest BCUT2D eigenvalue weighted by molar-refractivity contribution is -0.130. The van der Waals surface area contributed by atoms with E-state index in [0.29, 0.717) is 18.5 Å². The van der Waals surface area contributed by atoms with Crippen LogP contribution < -0.4 is 4.90 Å². The molecule has 2 aliphatic rings. The molecule has 5 nitrogen and oxygen atoms in total. The van der Waals surface area contributed by atoms with Crippen LogP contribution in [0.15, 0.2) is 47.1 Å². The van der Waals surface area contributed by atoms with Crippen molar-refractivity contribution in [3.63, 3.8) is 0 Å². The number of nitrogens with zero attached hydrogens (tertiary/aromatic N) is 3. The Balaban J connectivity index is 1.27. The predicted molar refractivity (Wildman–Crippen MR) is 117 cm³/mol. The number of aryl methyl sites for hydroxylation is 2. The molecular formula is C25H25N3O2. The maximum absolute atomic E-state index is 13.1. The van der Waals surface area contributed by atoms with Crippen LogP contribution in [-0.2, 0) is 24.1 Å². The summed E-state index contributed by atoms with van der Waals surface area (Å²) >= 11 is 0. The summed E-state index contributed by atoms with van der Waals surface area (Å²) in [4.78, 5) is 17.3. The molecule has 0 bridgehead atoms. The highest BCUT2D eigenvalue weighted by atomic mass is 16.3. The molecule has 152 valence electrons. The van der Waals surface area contributed by atoms with Crippen LogP contribution in [0.2, 0.25) is 0 Å². The Bertz CT molecular complexity index is 1120. The second-order valence-corrected chi connectivity index (χ2v) is 8.29. The number of carbonyl (C=O) groups excluding carboxylic acids is 1. The van der Waals surface area contributed by atoms with E-state index < -0.39 is 0 Å². The molecule has 1 aliphatic carbocycles. The lowest BCUT2D eigenvalue weighted by atomic mass is 10.0. The number of nitriles is 1. The normalized spacial score (nSPS) is 16.4. The molecule has 2 aromatic carbocycles. The molecule has 0 radical (unpaired) electrons. The molecule has 0 N–H and O–H groups in total. The lowest BCUT2D eigenvalue weighted by Crippen LogP contribution is -2.36. The van der Waals surface area contributed by atoms with Crippen LogP contribution in [0.5, 0.6) is 0 Å². The minimum absolute atomic E-state index is 0.167. The summed E-state index contributed by atoms with van der Waals surface area (Å²) < 4.78 is 5.78. The monoisotopic (exact) mass is 399 g/mol. The van der Waals surface area contributed by atoms with Crippen molar-refractivity contribution in [2.24, 2.45) is 0 Å². The fourth-order valence-electron chi connectivity index (χ4n) is 4.73. The van der Waals surface area contributed by atoms with Gasteiger partial charge in [-0.2, -0.15) is 5.26 Å². The highest BCUT2D eigenvalue weighted by Crippen LogP contribution is 2.30. The number of rotatable bonds is 3. The van der Waals surface area contributed by atoms with Gasteiger partial charge in [-0.1, -0.05) is 0 Å². The van der Waals surface area contributed by atoms with Gasteiger partial charge in [0, 0.05) is 42.8 Å². The number of fused-ring (bicyclic) bond motifs is 2. The van der Waals surface area contributed by atoms with E-state index in [-0.39, 0.29) is 5.91 Å². The molecule has 5 rings (SSSR count). The van der Waals surface area contributed by atoms with E-state index in [0.717, 1.165) is 61.1 Å². The van der Waals surface area contributed by atoms with Gasteiger partial charge in [0.2, 0.25) is 5.91 Å². The first-order valence-corrected chi connectivity index (χ1v) is 10.8. The Labute approximate surface area is 176 Å². The van der Waals surface area contributed by atoms with Gasteiger partial charge in [-0.25, -0.2) is 0 Å². The summed E-state index contributed by atoms with van der Waals surface area (Å²) in [7, 11) is 0. The molecule has 30 heavy (non-hydrogen) atoms. The van der Waals surface area contributed by atoms with Gasteiger partial charge in [0.1, 0.15) is 5.58 Å². The van der Waals surface area contributed by atoms with Gasteiger partial charge in [-0.05, 0) is 73.2 Å². The average Bonchev–Trinajstić information content (AvgIpc) is 3.30. The maximum Gasteiger partial charge on any atom is 0.227 e. The SMILES string of the molecule is N#Cc1ccc(N2CCCN(C(=O)Cc3coc4cc5c(cc34)CCC5)CC2)cc1. The number of anilines is 1. The van der Waals surface area contributed by atoms with Gasteiger partial charge in [0.05, 0.1) is 24.3 Å². The zero-order valence-corrected chi connectivity index (χ0v) is 17.1.